The molecule has 0 amide bonds. The quantitative estimate of drug-likeness (QED) is 0.468. The van der Waals surface area contributed by atoms with E-state index in [0.717, 1.165) is 12.5 Å². The van der Waals surface area contributed by atoms with E-state index in [1.165, 1.54) is 25.7 Å². The summed E-state index contributed by atoms with van der Waals surface area (Å²) in [6.45, 7) is 1.02. The Kier molecular flexibility index (Phi) is 3.33. The van der Waals surface area contributed by atoms with Crippen LogP contribution in [0.5, 0.6) is 0 Å². The summed E-state index contributed by atoms with van der Waals surface area (Å²) in [5.41, 5.74) is 2.91. The molecule has 0 heterocycles. The lowest BCUT2D eigenvalue weighted by molar-refractivity contribution is 0.482. The number of rotatable bonds is 3. The third-order valence-electron chi connectivity index (χ3n) is 1.93. The van der Waals surface area contributed by atoms with Crippen molar-refractivity contribution < 1.29 is 0 Å². The first-order chi connectivity index (χ1) is 4.43. The lowest BCUT2D eigenvalue weighted by Crippen LogP contribution is -2.28. The van der Waals surface area contributed by atoms with Crippen molar-refractivity contribution in [1.82, 2.24) is 10.4 Å². The summed E-state index contributed by atoms with van der Waals surface area (Å²) in [7, 11) is 0. The molecule has 0 aromatic rings. The minimum atomic E-state index is 0.858. The highest BCUT2D eigenvalue weighted by molar-refractivity contribution is 6.13. The fourth-order valence-corrected chi connectivity index (χ4v) is 1.47. The van der Waals surface area contributed by atoms with Crippen LogP contribution >= 0.6 is 11.8 Å². The number of halogens is 1. The van der Waals surface area contributed by atoms with Gasteiger partial charge in [0.05, 0.1) is 0 Å². The van der Waals surface area contributed by atoms with E-state index < -0.39 is 0 Å². The Morgan fingerprint density at radius 3 is 2.56 bits per heavy atom. The lowest BCUT2D eigenvalue weighted by atomic mass is 10.1. The van der Waals surface area contributed by atoms with Crippen LogP contribution in [0.4, 0.5) is 0 Å². The van der Waals surface area contributed by atoms with Gasteiger partial charge < -0.3 is 0 Å². The minimum Gasteiger partial charge on any atom is -0.243 e. The van der Waals surface area contributed by atoms with Crippen molar-refractivity contribution in [2.45, 2.75) is 25.7 Å². The summed E-state index contributed by atoms with van der Waals surface area (Å²) in [6, 6.07) is 0. The molecule has 1 aliphatic rings. The zero-order chi connectivity index (χ0) is 6.53. The van der Waals surface area contributed by atoms with Crippen LogP contribution in [0.15, 0.2) is 0 Å². The molecule has 1 fully saturated rings. The predicted octanol–water partition coefficient (Wildman–Crippen LogP) is 1.42. The molecular weight excluding hydrogens is 136 g/mol. The average molecular weight is 149 g/mol. The molecule has 2 nitrogen and oxygen atoms in total. The van der Waals surface area contributed by atoms with E-state index in [2.05, 4.69) is 10.4 Å². The van der Waals surface area contributed by atoms with Crippen LogP contribution in [0.25, 0.3) is 0 Å². The maximum atomic E-state index is 5.22. The SMILES string of the molecule is ClNNCC1CCCC1. The van der Waals surface area contributed by atoms with Crippen molar-refractivity contribution in [1.29, 1.82) is 0 Å². The summed E-state index contributed by atoms with van der Waals surface area (Å²) in [5, 5.41) is 0. The lowest BCUT2D eigenvalue weighted by Gasteiger charge is -2.06. The van der Waals surface area contributed by atoms with E-state index in [-0.39, 0.29) is 0 Å². The summed E-state index contributed by atoms with van der Waals surface area (Å²) in [6.07, 6.45) is 5.53. The molecule has 9 heavy (non-hydrogen) atoms. The van der Waals surface area contributed by atoms with Gasteiger partial charge in [-0.1, -0.05) is 12.8 Å². The molecule has 1 saturated carbocycles. The molecule has 54 valence electrons. The van der Waals surface area contributed by atoms with Crippen LogP contribution < -0.4 is 10.4 Å². The molecule has 0 unspecified atom stereocenters. The summed E-state index contributed by atoms with van der Waals surface area (Å²) in [4.78, 5) is 2.42. The topological polar surface area (TPSA) is 24.1 Å². The van der Waals surface area contributed by atoms with Gasteiger partial charge in [-0.15, -0.1) is 0 Å². The van der Waals surface area contributed by atoms with Crippen LogP contribution in [0.1, 0.15) is 25.7 Å². The third kappa shape index (κ3) is 2.52. The van der Waals surface area contributed by atoms with Crippen molar-refractivity contribution in [2.75, 3.05) is 6.54 Å². The van der Waals surface area contributed by atoms with Gasteiger partial charge in [0.25, 0.3) is 0 Å². The Bertz CT molecular complexity index is 71.5. The second-order valence-corrected chi connectivity index (χ2v) is 2.81. The Morgan fingerprint density at radius 2 is 2.00 bits per heavy atom. The van der Waals surface area contributed by atoms with Crippen molar-refractivity contribution >= 4 is 11.8 Å². The van der Waals surface area contributed by atoms with Gasteiger partial charge in [0.1, 0.15) is 0 Å². The van der Waals surface area contributed by atoms with Gasteiger partial charge >= 0.3 is 0 Å². The molecule has 0 aromatic heterocycles. The summed E-state index contributed by atoms with van der Waals surface area (Å²) < 4.78 is 0. The number of hydrogen-bond acceptors (Lipinski definition) is 2. The molecule has 0 aromatic carbocycles. The van der Waals surface area contributed by atoms with Gasteiger partial charge in [-0.3, -0.25) is 0 Å². The first-order valence-electron chi connectivity index (χ1n) is 3.52. The van der Waals surface area contributed by atoms with Gasteiger partial charge in [-0.05, 0) is 30.5 Å². The predicted molar refractivity (Wildman–Crippen MR) is 38.9 cm³/mol. The molecule has 1 aliphatic carbocycles. The monoisotopic (exact) mass is 148 g/mol. The second-order valence-electron chi connectivity index (χ2n) is 2.63. The number of hydrazine groups is 1. The standard InChI is InChI=1S/C6H13ClN2/c7-9-8-5-6-3-1-2-4-6/h6,8-9H,1-5H2. The van der Waals surface area contributed by atoms with E-state index in [1.807, 2.05) is 0 Å². The Labute approximate surface area is 61.0 Å². The zero-order valence-corrected chi connectivity index (χ0v) is 6.25. The Balaban J connectivity index is 1.98. The fraction of sp³-hybridized carbons (Fsp3) is 1.00. The first-order valence-corrected chi connectivity index (χ1v) is 3.90. The molecular formula is C6H13ClN2. The van der Waals surface area contributed by atoms with Crippen molar-refractivity contribution in [3.8, 4) is 0 Å². The van der Waals surface area contributed by atoms with E-state index in [9.17, 15) is 0 Å². The van der Waals surface area contributed by atoms with Crippen LogP contribution in [-0.4, -0.2) is 6.54 Å². The molecule has 0 bridgehead atoms. The molecule has 1 rings (SSSR count). The summed E-state index contributed by atoms with van der Waals surface area (Å²) >= 11 is 5.22. The highest BCUT2D eigenvalue weighted by Gasteiger charge is 2.13. The van der Waals surface area contributed by atoms with Crippen molar-refractivity contribution in [2.24, 2.45) is 5.92 Å². The van der Waals surface area contributed by atoms with E-state index in [0.29, 0.717) is 0 Å². The zero-order valence-electron chi connectivity index (χ0n) is 5.49. The van der Waals surface area contributed by atoms with Crippen LogP contribution in [0.2, 0.25) is 0 Å². The van der Waals surface area contributed by atoms with E-state index in [4.69, 9.17) is 11.8 Å². The van der Waals surface area contributed by atoms with Crippen LogP contribution in [0.3, 0.4) is 0 Å². The van der Waals surface area contributed by atoms with Gasteiger partial charge in [0.15, 0.2) is 0 Å². The minimum absolute atomic E-state index is 0.858. The molecule has 2 N–H and O–H groups in total. The third-order valence-corrected chi connectivity index (χ3v) is 2.07. The number of nitrogens with one attached hydrogen (secondary N) is 2. The maximum absolute atomic E-state index is 5.22. The second kappa shape index (κ2) is 4.09. The maximum Gasteiger partial charge on any atom is 0.0141 e. The van der Waals surface area contributed by atoms with Crippen molar-refractivity contribution in [3.05, 3.63) is 0 Å². The van der Waals surface area contributed by atoms with Crippen LogP contribution in [-0.2, 0) is 0 Å². The Hall–Kier alpha value is 0.210. The van der Waals surface area contributed by atoms with E-state index >= 15 is 0 Å². The van der Waals surface area contributed by atoms with Gasteiger partial charge in [-0.2, -0.15) is 4.94 Å². The number of hydrogen-bond donors (Lipinski definition) is 2. The summed E-state index contributed by atoms with van der Waals surface area (Å²) in [5.74, 6) is 0.858. The molecule has 0 atom stereocenters. The Morgan fingerprint density at radius 1 is 1.33 bits per heavy atom. The fourth-order valence-electron chi connectivity index (χ4n) is 1.40. The molecule has 0 radical (unpaired) electrons. The first kappa shape index (κ1) is 7.32. The smallest absolute Gasteiger partial charge is 0.0141 e. The van der Waals surface area contributed by atoms with Crippen molar-refractivity contribution in [3.63, 3.8) is 0 Å². The van der Waals surface area contributed by atoms with Gasteiger partial charge in [0.2, 0.25) is 0 Å². The average Bonchev–Trinajstić information content (AvgIpc) is 2.34. The van der Waals surface area contributed by atoms with Gasteiger partial charge in [0, 0.05) is 6.54 Å². The molecule has 0 spiro atoms. The highest BCUT2D eigenvalue weighted by atomic mass is 35.5. The largest absolute Gasteiger partial charge is 0.243 e. The molecule has 0 saturated heterocycles. The highest BCUT2D eigenvalue weighted by Crippen LogP contribution is 2.23. The molecule has 0 aliphatic heterocycles. The van der Waals surface area contributed by atoms with Gasteiger partial charge in [-0.25, -0.2) is 5.43 Å². The van der Waals surface area contributed by atoms with E-state index in [1.54, 1.807) is 0 Å². The van der Waals surface area contributed by atoms with Crippen LogP contribution in [0, 0.1) is 5.92 Å². The molecule has 3 heteroatoms. The normalized spacial score (nSPS) is 21.0.